The van der Waals surface area contributed by atoms with Crippen LogP contribution in [0.5, 0.6) is 0 Å². The molecule has 0 heterocycles. The van der Waals surface area contributed by atoms with Crippen molar-refractivity contribution in [1.82, 2.24) is 0 Å². The van der Waals surface area contributed by atoms with Gasteiger partial charge < -0.3 is 33.8 Å². The van der Waals surface area contributed by atoms with Crippen LogP contribution >= 0.6 is 15.6 Å². The van der Waals surface area contributed by atoms with E-state index in [4.69, 9.17) is 37.0 Å². The molecule has 19 heteroatoms. The average Bonchev–Trinajstić information content (AvgIpc) is 0.937. The molecule has 0 radical (unpaired) electrons. The summed E-state index contributed by atoms with van der Waals surface area (Å²) < 4.78 is 68.6. The van der Waals surface area contributed by atoms with Crippen LogP contribution < -0.4 is 0 Å². The Bertz CT molecular complexity index is 2180. The number of carbonyl (C=O) groups is 4. The molecule has 582 valence electrons. The van der Waals surface area contributed by atoms with Crippen LogP contribution in [0.3, 0.4) is 0 Å². The molecule has 0 amide bonds. The van der Waals surface area contributed by atoms with Crippen LogP contribution in [0.15, 0.2) is 72.9 Å². The Morgan fingerprint density at radius 3 is 0.820 bits per heavy atom. The molecule has 0 aliphatic rings. The van der Waals surface area contributed by atoms with E-state index >= 15 is 0 Å². The van der Waals surface area contributed by atoms with Crippen LogP contribution in [0.1, 0.15) is 362 Å². The minimum atomic E-state index is -4.97. The Kier molecular flexibility index (Phi) is 71.2. The average molecular weight is 1450 g/mol. The molecule has 3 N–H and O–H groups in total. The van der Waals surface area contributed by atoms with Crippen LogP contribution in [0.4, 0.5) is 0 Å². The topological polar surface area (TPSA) is 237 Å². The van der Waals surface area contributed by atoms with E-state index in [1.807, 2.05) is 0 Å². The molecule has 0 saturated carbocycles. The fraction of sp³-hybridized carbons (Fsp3) is 0.802. The maximum atomic E-state index is 13.1. The number of hydrogen-bond donors (Lipinski definition) is 3. The molecule has 0 aromatic carbocycles. The largest absolute Gasteiger partial charge is 0.472 e. The summed E-state index contributed by atoms with van der Waals surface area (Å²) >= 11 is 0. The summed E-state index contributed by atoms with van der Waals surface area (Å²) in [6, 6.07) is 0. The van der Waals surface area contributed by atoms with Crippen LogP contribution in [-0.2, 0) is 65.4 Å². The van der Waals surface area contributed by atoms with Gasteiger partial charge in [-0.25, -0.2) is 9.13 Å². The zero-order chi connectivity index (χ0) is 73.2. The van der Waals surface area contributed by atoms with E-state index in [1.54, 1.807) is 0 Å². The number of hydrogen-bond acceptors (Lipinski definition) is 15. The maximum absolute atomic E-state index is 13.1. The Morgan fingerprint density at radius 2 is 0.520 bits per heavy atom. The summed E-state index contributed by atoms with van der Waals surface area (Å²) in [6.45, 7) is 4.77. The first-order chi connectivity index (χ1) is 48.7. The Labute approximate surface area is 609 Å². The fourth-order valence-corrected chi connectivity index (χ4v) is 12.6. The molecule has 0 aromatic rings. The van der Waals surface area contributed by atoms with E-state index in [-0.39, 0.29) is 25.7 Å². The van der Waals surface area contributed by atoms with Gasteiger partial charge in [0.25, 0.3) is 0 Å². The molecule has 0 aromatic heterocycles. The smallest absolute Gasteiger partial charge is 0.462 e. The summed E-state index contributed by atoms with van der Waals surface area (Å²) in [4.78, 5) is 72.9. The number of aliphatic hydroxyl groups excluding tert-OH is 1. The predicted molar refractivity (Wildman–Crippen MR) is 409 cm³/mol. The highest BCUT2D eigenvalue weighted by Gasteiger charge is 2.30. The molecule has 0 aliphatic carbocycles. The Hall–Kier alpha value is -3.50. The number of ether oxygens (including phenoxy) is 4. The van der Waals surface area contributed by atoms with Crippen molar-refractivity contribution in [3.05, 3.63) is 72.9 Å². The van der Waals surface area contributed by atoms with Crippen molar-refractivity contribution in [3.8, 4) is 0 Å². The SMILES string of the molecule is CC/C=C\C/C=C\C/C=C\CCCCCCCCCC(=O)OCC(COP(=O)(O)OCC(O)COP(=O)(O)OCC(COC(=O)CCCCCCCC/C=C\C/C=C\C/C=C\CCCCC)OC(=O)CCCCCCCCCCCCCCC)OC(=O)CCCCCCCCCCCCC. The minimum absolute atomic E-state index is 0.0977. The van der Waals surface area contributed by atoms with E-state index < -0.39 is 97.5 Å². The van der Waals surface area contributed by atoms with Gasteiger partial charge in [-0.2, -0.15) is 0 Å². The Morgan fingerprint density at radius 1 is 0.290 bits per heavy atom. The third kappa shape index (κ3) is 72.8. The van der Waals surface area contributed by atoms with Crippen LogP contribution in [0.2, 0.25) is 0 Å². The Balaban J connectivity index is 5.28. The monoisotopic (exact) mass is 1450 g/mol. The van der Waals surface area contributed by atoms with Gasteiger partial charge in [-0.15, -0.1) is 0 Å². The second-order valence-corrected chi connectivity index (χ2v) is 29.9. The van der Waals surface area contributed by atoms with Crippen molar-refractivity contribution in [2.45, 2.75) is 380 Å². The molecule has 0 bridgehead atoms. The number of carbonyl (C=O) groups excluding carboxylic acids is 4. The zero-order valence-electron chi connectivity index (χ0n) is 63.6. The first-order valence-corrected chi connectivity index (χ1v) is 43.2. The standard InChI is InChI=1S/C81H146O17P2/c1-5-9-13-17-21-25-29-32-34-36-37-39-41-44-47-50-54-58-62-66-79(84)92-72-77(98-81(86)68-64-60-56-52-48-42-31-27-23-19-15-11-7-3)74-96-100(89,90)94-70-75(82)69-93-99(87,88)95-73-76(97-80(85)67-63-59-55-51-45-28-24-20-16-12-8-4)71-91-78(83)65-61-57-53-49-46-43-40-38-35-33-30-26-22-18-14-10-6-2/h10,14,21-22,25-26,32-35,37,39,75-77,82H,5-9,11-13,15-20,23-24,27-31,36,38,40-74H2,1-4H3,(H,87,88)(H,89,90)/b14-10-,25-21-,26-22-,34-32-,35-33-,39-37-. The molecule has 0 aliphatic heterocycles. The van der Waals surface area contributed by atoms with Crippen molar-refractivity contribution < 1.29 is 80.2 Å². The fourth-order valence-electron chi connectivity index (χ4n) is 11.1. The summed E-state index contributed by atoms with van der Waals surface area (Å²) in [5, 5.41) is 10.6. The van der Waals surface area contributed by atoms with E-state index in [0.29, 0.717) is 25.7 Å². The van der Waals surface area contributed by atoms with Crippen LogP contribution in [-0.4, -0.2) is 96.7 Å². The van der Waals surface area contributed by atoms with Crippen LogP contribution in [0.25, 0.3) is 0 Å². The molecule has 0 saturated heterocycles. The second kappa shape index (κ2) is 73.8. The zero-order valence-corrected chi connectivity index (χ0v) is 65.4. The summed E-state index contributed by atoms with van der Waals surface area (Å²) in [5.41, 5.74) is 0. The first-order valence-electron chi connectivity index (χ1n) is 40.2. The van der Waals surface area contributed by atoms with Gasteiger partial charge in [0.2, 0.25) is 0 Å². The number of rotatable bonds is 76. The minimum Gasteiger partial charge on any atom is -0.462 e. The number of aliphatic hydroxyl groups is 1. The van der Waals surface area contributed by atoms with Gasteiger partial charge in [0.1, 0.15) is 19.3 Å². The summed E-state index contributed by atoms with van der Waals surface area (Å²) in [7, 11) is -9.94. The third-order valence-electron chi connectivity index (χ3n) is 17.2. The van der Waals surface area contributed by atoms with Crippen LogP contribution in [0, 0.1) is 0 Å². The normalized spacial score (nSPS) is 14.3. The lowest BCUT2D eigenvalue weighted by atomic mass is 10.0. The molecule has 0 rings (SSSR count). The summed E-state index contributed by atoms with van der Waals surface area (Å²) in [6.07, 6.45) is 74.5. The van der Waals surface area contributed by atoms with Gasteiger partial charge in [0.15, 0.2) is 12.2 Å². The number of unbranched alkanes of at least 4 members (excludes halogenated alkanes) is 38. The molecular weight excluding hydrogens is 1310 g/mol. The van der Waals surface area contributed by atoms with Gasteiger partial charge in [-0.05, 0) is 96.3 Å². The van der Waals surface area contributed by atoms with E-state index in [2.05, 4.69) is 101 Å². The lowest BCUT2D eigenvalue weighted by molar-refractivity contribution is -0.161. The van der Waals surface area contributed by atoms with Gasteiger partial charge in [-0.3, -0.25) is 37.3 Å². The van der Waals surface area contributed by atoms with Crippen molar-refractivity contribution in [2.24, 2.45) is 0 Å². The summed E-state index contributed by atoms with van der Waals surface area (Å²) in [5.74, 6) is -2.17. The van der Waals surface area contributed by atoms with Gasteiger partial charge >= 0.3 is 39.5 Å². The van der Waals surface area contributed by atoms with Gasteiger partial charge in [0.05, 0.1) is 26.4 Å². The van der Waals surface area contributed by atoms with Crippen molar-refractivity contribution in [3.63, 3.8) is 0 Å². The molecule has 100 heavy (non-hydrogen) atoms. The molecule has 0 spiro atoms. The van der Waals surface area contributed by atoms with Crippen molar-refractivity contribution in [1.29, 1.82) is 0 Å². The van der Waals surface area contributed by atoms with Crippen molar-refractivity contribution in [2.75, 3.05) is 39.6 Å². The second-order valence-electron chi connectivity index (χ2n) is 27.0. The number of phosphoric ester groups is 2. The quantitative estimate of drug-likeness (QED) is 0.0169. The third-order valence-corrected chi connectivity index (χ3v) is 19.1. The van der Waals surface area contributed by atoms with E-state index in [1.165, 1.54) is 109 Å². The van der Waals surface area contributed by atoms with Gasteiger partial charge in [0, 0.05) is 25.7 Å². The molecule has 5 unspecified atom stereocenters. The predicted octanol–water partition coefficient (Wildman–Crippen LogP) is 23.2. The van der Waals surface area contributed by atoms with E-state index in [9.17, 15) is 43.2 Å². The maximum Gasteiger partial charge on any atom is 0.472 e. The first kappa shape index (κ1) is 96.5. The highest BCUT2D eigenvalue weighted by atomic mass is 31.2. The highest BCUT2D eigenvalue weighted by molar-refractivity contribution is 7.47. The molecule has 0 fully saturated rings. The lowest BCUT2D eigenvalue weighted by Gasteiger charge is -2.21. The molecule has 17 nitrogen and oxygen atoms in total. The highest BCUT2D eigenvalue weighted by Crippen LogP contribution is 2.45. The van der Waals surface area contributed by atoms with Gasteiger partial charge in [-0.1, -0.05) is 312 Å². The molecular formula is C81H146O17P2. The number of esters is 4. The number of allylic oxidation sites excluding steroid dienone is 12. The number of phosphoric acid groups is 2. The van der Waals surface area contributed by atoms with E-state index in [0.717, 1.165) is 173 Å². The molecule has 5 atom stereocenters. The lowest BCUT2D eigenvalue weighted by Crippen LogP contribution is -2.30. The van der Waals surface area contributed by atoms with Crippen molar-refractivity contribution >= 4 is 39.5 Å².